The van der Waals surface area contributed by atoms with E-state index in [-0.39, 0.29) is 18.1 Å². The highest BCUT2D eigenvalue weighted by atomic mass is 16.5. The third kappa shape index (κ3) is 5.64. The molecule has 1 fully saturated rings. The van der Waals surface area contributed by atoms with Crippen LogP contribution in [0.15, 0.2) is 78.0 Å². The first-order valence-corrected chi connectivity index (χ1v) is 15.1. The van der Waals surface area contributed by atoms with E-state index in [0.717, 1.165) is 58.2 Å². The summed E-state index contributed by atoms with van der Waals surface area (Å²) >= 11 is 0. The van der Waals surface area contributed by atoms with Gasteiger partial charge in [-0.2, -0.15) is 5.10 Å². The maximum Gasteiger partial charge on any atom is 0.246 e. The summed E-state index contributed by atoms with van der Waals surface area (Å²) in [5.74, 6) is 3.02. The van der Waals surface area contributed by atoms with E-state index in [1.165, 1.54) is 0 Å². The molecule has 3 aromatic rings. The molecule has 0 saturated carbocycles. The van der Waals surface area contributed by atoms with Crippen molar-refractivity contribution in [3.8, 4) is 11.5 Å². The minimum Gasteiger partial charge on any atom is -0.488 e. The number of fused-ring (bicyclic) bond motifs is 6. The molecule has 232 valence electrons. The second kappa shape index (κ2) is 11.8. The van der Waals surface area contributed by atoms with Crippen molar-refractivity contribution in [2.75, 3.05) is 64.1 Å². The number of hydrazone groups is 1. The van der Waals surface area contributed by atoms with E-state index in [1.54, 1.807) is 18.7 Å². The molecule has 1 saturated heterocycles. The Morgan fingerprint density at radius 1 is 1.20 bits per heavy atom. The maximum atomic E-state index is 12.8. The molecule has 1 N–H and O–H groups in total. The highest BCUT2D eigenvalue weighted by Crippen LogP contribution is 2.43. The number of nitrogens with one attached hydrogen (secondary N) is 1. The van der Waals surface area contributed by atoms with Gasteiger partial charge in [0.25, 0.3) is 0 Å². The average molecular weight is 608 g/mol. The van der Waals surface area contributed by atoms with E-state index in [4.69, 9.17) is 9.47 Å². The number of aromatic nitrogens is 2. The molecule has 7 rings (SSSR count). The molecule has 2 aromatic carbocycles. The van der Waals surface area contributed by atoms with Gasteiger partial charge in [0.05, 0.1) is 22.6 Å². The molecule has 1 aromatic heterocycles. The summed E-state index contributed by atoms with van der Waals surface area (Å²) in [6, 6.07) is 10.1. The molecule has 0 spiro atoms. The van der Waals surface area contributed by atoms with Crippen molar-refractivity contribution in [1.82, 2.24) is 29.7 Å². The zero-order valence-corrected chi connectivity index (χ0v) is 25.9. The fourth-order valence-corrected chi connectivity index (χ4v) is 6.05. The molecule has 5 heterocycles. The lowest BCUT2D eigenvalue weighted by molar-refractivity contribution is -0.127. The number of hydrogen-bond acceptors (Lipinski definition) is 11. The van der Waals surface area contributed by atoms with Gasteiger partial charge in [-0.25, -0.2) is 15.0 Å². The van der Waals surface area contributed by atoms with Crippen molar-refractivity contribution in [3.05, 3.63) is 78.5 Å². The Morgan fingerprint density at radius 2 is 2.09 bits per heavy atom. The first kappa shape index (κ1) is 28.7. The van der Waals surface area contributed by atoms with E-state index in [9.17, 15) is 4.79 Å². The topological polar surface area (TPSA) is 102 Å². The summed E-state index contributed by atoms with van der Waals surface area (Å²) < 4.78 is 12.7. The Kier molecular flexibility index (Phi) is 7.50. The van der Waals surface area contributed by atoms with Gasteiger partial charge >= 0.3 is 0 Å². The van der Waals surface area contributed by atoms with Crippen LogP contribution in [0, 0.1) is 6.92 Å². The zero-order valence-electron chi connectivity index (χ0n) is 25.9. The van der Waals surface area contributed by atoms with E-state index in [1.807, 2.05) is 96.5 Å². The molecule has 12 nitrogen and oxygen atoms in total. The van der Waals surface area contributed by atoms with Crippen LogP contribution in [0.4, 0.5) is 17.2 Å². The van der Waals surface area contributed by atoms with Crippen LogP contribution in [0.1, 0.15) is 5.56 Å². The van der Waals surface area contributed by atoms with Gasteiger partial charge in [0, 0.05) is 57.3 Å². The van der Waals surface area contributed by atoms with Crippen molar-refractivity contribution in [1.29, 1.82) is 0 Å². The summed E-state index contributed by atoms with van der Waals surface area (Å²) in [6.45, 7) is 5.22. The van der Waals surface area contributed by atoms with Crippen LogP contribution in [0.5, 0.6) is 11.5 Å². The lowest BCUT2D eigenvalue weighted by Crippen LogP contribution is -2.58. The van der Waals surface area contributed by atoms with Crippen LogP contribution in [0.25, 0.3) is 10.9 Å². The summed E-state index contributed by atoms with van der Waals surface area (Å²) in [4.78, 5) is 30.3. The van der Waals surface area contributed by atoms with Crippen LogP contribution < -0.4 is 19.7 Å². The number of carbonyl (C=O) groups excluding carboxylic acids is 1. The number of likely N-dealkylation sites (N-methyl/N-ethyl adjacent to an activating group) is 2. The van der Waals surface area contributed by atoms with Crippen LogP contribution in [0.2, 0.25) is 0 Å². The number of hydrogen-bond donors (Lipinski definition) is 1. The smallest absolute Gasteiger partial charge is 0.246 e. The molecular formula is C33H37N9O3. The van der Waals surface area contributed by atoms with Gasteiger partial charge in [-0.15, -0.1) is 0 Å². The highest BCUT2D eigenvalue weighted by Gasteiger charge is 2.35. The average Bonchev–Trinajstić information content (AvgIpc) is 3.41. The predicted molar refractivity (Wildman–Crippen MR) is 175 cm³/mol. The fraction of sp³-hybridized carbons (Fsp3) is 0.333. The number of nitrogens with zero attached hydrogens (tertiary/aromatic N) is 8. The van der Waals surface area contributed by atoms with Crippen molar-refractivity contribution >= 4 is 40.3 Å². The third-order valence-electron chi connectivity index (χ3n) is 8.42. The second-order valence-electron chi connectivity index (χ2n) is 11.9. The largest absolute Gasteiger partial charge is 0.488 e. The Labute approximate surface area is 262 Å². The van der Waals surface area contributed by atoms with Crippen LogP contribution in [-0.4, -0.2) is 108 Å². The van der Waals surface area contributed by atoms with E-state index < -0.39 is 0 Å². The Morgan fingerprint density at radius 3 is 2.93 bits per heavy atom. The van der Waals surface area contributed by atoms with Crippen molar-refractivity contribution < 1.29 is 14.3 Å². The minimum atomic E-state index is 0.0160. The normalized spacial score (nSPS) is 20.3. The summed E-state index contributed by atoms with van der Waals surface area (Å²) in [6.07, 6.45) is 12.8. The third-order valence-corrected chi connectivity index (χ3v) is 8.42. The lowest BCUT2D eigenvalue weighted by atomic mass is 10.1. The number of piperazine rings is 1. The molecule has 4 aliphatic rings. The van der Waals surface area contributed by atoms with Gasteiger partial charge in [0.15, 0.2) is 5.75 Å². The molecule has 4 aliphatic heterocycles. The van der Waals surface area contributed by atoms with Gasteiger partial charge in [0.1, 0.15) is 42.8 Å². The van der Waals surface area contributed by atoms with Gasteiger partial charge in [0.2, 0.25) is 5.91 Å². The molecule has 1 amide bonds. The predicted octanol–water partition coefficient (Wildman–Crippen LogP) is 3.52. The first-order chi connectivity index (χ1) is 21.8. The molecule has 45 heavy (non-hydrogen) atoms. The van der Waals surface area contributed by atoms with Gasteiger partial charge in [-0.05, 0) is 63.0 Å². The van der Waals surface area contributed by atoms with Gasteiger partial charge < -0.3 is 34.4 Å². The summed E-state index contributed by atoms with van der Waals surface area (Å²) in [7, 11) is 5.96. The SMILES string of the molecule is Cc1cc(Nc2ncnc3ccc4c(c23)OCC2CN(C(=O)/C=C/CN(C)C)CCN42)ccc1OC1=CC2N(C)C=NN2C=C1. The molecular weight excluding hydrogens is 570 g/mol. The molecule has 0 radical (unpaired) electrons. The maximum absolute atomic E-state index is 12.8. The molecule has 2 unspecified atom stereocenters. The zero-order chi connectivity index (χ0) is 31.1. The summed E-state index contributed by atoms with van der Waals surface area (Å²) in [5, 5.41) is 10.6. The van der Waals surface area contributed by atoms with Crippen LogP contribution >= 0.6 is 0 Å². The quantitative estimate of drug-likeness (QED) is 0.402. The number of amides is 1. The molecule has 0 bridgehead atoms. The number of allylic oxidation sites excluding steroid dienone is 1. The number of ether oxygens (including phenoxy) is 2. The van der Waals surface area contributed by atoms with Crippen LogP contribution in [0.3, 0.4) is 0 Å². The van der Waals surface area contributed by atoms with Gasteiger partial charge in [-0.3, -0.25) is 4.79 Å². The number of aryl methyl sites for hydroxylation is 1. The Bertz CT molecular complexity index is 1750. The van der Waals surface area contributed by atoms with E-state index >= 15 is 0 Å². The number of benzene rings is 2. The highest BCUT2D eigenvalue weighted by molar-refractivity contribution is 6.00. The fourth-order valence-electron chi connectivity index (χ4n) is 6.05. The minimum absolute atomic E-state index is 0.0160. The van der Waals surface area contributed by atoms with Crippen molar-refractivity contribution in [2.24, 2.45) is 5.10 Å². The first-order valence-electron chi connectivity index (χ1n) is 15.1. The van der Waals surface area contributed by atoms with Crippen molar-refractivity contribution in [2.45, 2.75) is 19.1 Å². The van der Waals surface area contributed by atoms with E-state index in [2.05, 4.69) is 31.4 Å². The second-order valence-corrected chi connectivity index (χ2v) is 11.9. The Balaban J connectivity index is 1.09. The molecule has 2 atom stereocenters. The van der Waals surface area contributed by atoms with Crippen molar-refractivity contribution in [3.63, 3.8) is 0 Å². The standard InChI is InChI=1S/C33H37N9O3/c1-22-16-23(7-10-28(22)45-25-11-13-42-29(17-25)39(4)21-36-42)37-33-31-26(34-20-35-33)8-9-27-32(31)44-19-24-18-40(14-15-41(24)27)30(43)6-5-12-38(2)3/h5-11,13,16-17,20-21,24,29H,12,14-15,18-19H2,1-4H3,(H,34,35,37)/b6-5+. The number of rotatable bonds is 7. The molecule has 0 aliphatic carbocycles. The summed E-state index contributed by atoms with van der Waals surface area (Å²) in [5.41, 5.74) is 3.66. The number of anilines is 3. The van der Waals surface area contributed by atoms with E-state index in [0.29, 0.717) is 25.5 Å². The molecule has 12 heteroatoms. The lowest BCUT2D eigenvalue weighted by Gasteiger charge is -2.45. The Hall–Kier alpha value is -5.10. The number of carbonyl (C=O) groups is 1. The van der Waals surface area contributed by atoms with Gasteiger partial charge in [-0.1, -0.05) is 6.08 Å². The van der Waals surface area contributed by atoms with Crippen LogP contribution in [-0.2, 0) is 4.79 Å². The monoisotopic (exact) mass is 607 g/mol.